The van der Waals surface area contributed by atoms with Crippen molar-refractivity contribution in [1.29, 1.82) is 0 Å². The first-order chi connectivity index (χ1) is 12.9. The molecule has 1 fully saturated rings. The monoisotopic (exact) mass is 397 g/mol. The number of fused-ring (bicyclic) bond motifs is 1. The van der Waals surface area contributed by atoms with E-state index in [1.807, 2.05) is 12.1 Å². The van der Waals surface area contributed by atoms with E-state index in [2.05, 4.69) is 24.1 Å². The van der Waals surface area contributed by atoms with Crippen molar-refractivity contribution < 1.29 is 27.6 Å². The first-order valence-electron chi connectivity index (χ1n) is 8.94. The third-order valence-electron chi connectivity index (χ3n) is 5.80. The minimum Gasteiger partial charge on any atom is -0.493 e. The summed E-state index contributed by atoms with van der Waals surface area (Å²) in [4.78, 5) is 2.33. The second kappa shape index (κ2) is 7.84. The first kappa shape index (κ1) is 20.2. The van der Waals surface area contributed by atoms with E-state index in [4.69, 9.17) is 23.0 Å². The SMILES string of the molecule is COc1ccc([C@@]23CC=C(OP(=O)(OC)OC)C[C@@H]2N(C)CC3)cc1OC. The molecular weight excluding hydrogens is 369 g/mol. The van der Waals surface area contributed by atoms with E-state index in [0.29, 0.717) is 12.2 Å². The van der Waals surface area contributed by atoms with Crippen LogP contribution in [0, 0.1) is 0 Å². The first-order valence-corrected chi connectivity index (χ1v) is 10.4. The zero-order valence-corrected chi connectivity index (χ0v) is 17.5. The molecule has 1 aromatic carbocycles. The molecule has 1 aromatic rings. The van der Waals surface area contributed by atoms with Crippen LogP contribution in [0.5, 0.6) is 11.5 Å². The van der Waals surface area contributed by atoms with Gasteiger partial charge in [-0.25, -0.2) is 4.57 Å². The summed E-state index contributed by atoms with van der Waals surface area (Å²) in [6, 6.07) is 6.36. The van der Waals surface area contributed by atoms with E-state index in [0.717, 1.165) is 30.9 Å². The second-order valence-electron chi connectivity index (χ2n) is 6.95. The van der Waals surface area contributed by atoms with Gasteiger partial charge in [0, 0.05) is 32.1 Å². The predicted octanol–water partition coefficient (Wildman–Crippen LogP) is 3.74. The summed E-state index contributed by atoms with van der Waals surface area (Å²) in [6.45, 7) is 0.979. The quantitative estimate of drug-likeness (QED) is 0.650. The molecule has 0 N–H and O–H groups in total. The Balaban J connectivity index is 1.94. The van der Waals surface area contributed by atoms with Crippen molar-refractivity contribution in [2.24, 2.45) is 0 Å². The second-order valence-corrected chi connectivity index (χ2v) is 8.76. The van der Waals surface area contributed by atoms with Crippen LogP contribution in [0.2, 0.25) is 0 Å². The Bertz CT molecular complexity index is 759. The molecule has 8 heteroatoms. The summed E-state index contributed by atoms with van der Waals surface area (Å²) < 4.78 is 38.7. The van der Waals surface area contributed by atoms with Crippen LogP contribution >= 0.6 is 7.82 Å². The van der Waals surface area contributed by atoms with Gasteiger partial charge in [0.25, 0.3) is 0 Å². The minimum absolute atomic E-state index is 0.0503. The van der Waals surface area contributed by atoms with Crippen molar-refractivity contribution >= 4 is 7.82 Å². The van der Waals surface area contributed by atoms with Gasteiger partial charge in [-0.15, -0.1) is 0 Å². The Hall–Kier alpha value is -1.53. The molecule has 27 heavy (non-hydrogen) atoms. The van der Waals surface area contributed by atoms with Crippen LogP contribution in [0.25, 0.3) is 0 Å². The molecule has 1 heterocycles. The minimum atomic E-state index is -3.55. The predicted molar refractivity (Wildman–Crippen MR) is 102 cm³/mol. The van der Waals surface area contributed by atoms with Crippen molar-refractivity contribution in [2.45, 2.75) is 30.7 Å². The van der Waals surface area contributed by atoms with Gasteiger partial charge < -0.3 is 18.9 Å². The van der Waals surface area contributed by atoms with E-state index in [1.54, 1.807) is 14.2 Å². The number of phosphoric acid groups is 1. The molecule has 1 aliphatic carbocycles. The molecule has 2 atom stereocenters. The Morgan fingerprint density at radius 1 is 1.11 bits per heavy atom. The smallest absolute Gasteiger partial charge is 0.493 e. The molecule has 1 aliphatic heterocycles. The fourth-order valence-corrected chi connectivity index (χ4v) is 4.98. The van der Waals surface area contributed by atoms with Gasteiger partial charge in [-0.2, -0.15) is 0 Å². The van der Waals surface area contributed by atoms with Crippen molar-refractivity contribution in [3.63, 3.8) is 0 Å². The molecule has 150 valence electrons. The average Bonchev–Trinajstić information content (AvgIpc) is 3.04. The topological polar surface area (TPSA) is 66.5 Å². The zero-order valence-electron chi connectivity index (χ0n) is 16.6. The van der Waals surface area contributed by atoms with Crippen LogP contribution in [0.3, 0.4) is 0 Å². The van der Waals surface area contributed by atoms with Crippen LogP contribution in [-0.4, -0.2) is 53.0 Å². The summed E-state index contributed by atoms with van der Waals surface area (Å²) in [5, 5.41) is 0. The van der Waals surface area contributed by atoms with Crippen molar-refractivity contribution in [2.75, 3.05) is 42.0 Å². The Morgan fingerprint density at radius 2 is 1.81 bits per heavy atom. The number of nitrogens with zero attached hydrogens (tertiary/aromatic N) is 1. The molecule has 0 saturated carbocycles. The summed E-state index contributed by atoms with van der Waals surface area (Å²) in [7, 11) is 4.50. The Kier molecular flexibility index (Phi) is 5.87. The number of hydrogen-bond donors (Lipinski definition) is 0. The molecule has 0 radical (unpaired) electrons. The maximum absolute atomic E-state index is 12.3. The molecular formula is C19H28NO6P. The van der Waals surface area contributed by atoms with E-state index >= 15 is 0 Å². The standard InChI is InChI=1S/C19H28NO6P/c1-20-11-10-19(14-6-7-16(22-2)17(12-14)23-3)9-8-15(13-18(19)20)26-27(21,24-4)25-5/h6-8,12,18H,9-11,13H2,1-5H3/t18-,19-/m0/s1. The molecule has 0 bridgehead atoms. The average molecular weight is 397 g/mol. The van der Waals surface area contributed by atoms with E-state index in [9.17, 15) is 4.57 Å². The third-order valence-corrected chi connectivity index (χ3v) is 7.16. The van der Waals surface area contributed by atoms with Gasteiger partial charge in [-0.3, -0.25) is 9.05 Å². The molecule has 1 saturated heterocycles. The van der Waals surface area contributed by atoms with Crippen molar-refractivity contribution in [3.8, 4) is 11.5 Å². The lowest BCUT2D eigenvalue weighted by atomic mass is 9.68. The largest absolute Gasteiger partial charge is 0.529 e. The van der Waals surface area contributed by atoms with Gasteiger partial charge in [0.1, 0.15) is 5.76 Å². The highest BCUT2D eigenvalue weighted by atomic mass is 31.2. The summed E-state index contributed by atoms with van der Waals surface area (Å²) in [6.07, 6.45) is 4.46. The van der Waals surface area contributed by atoms with Crippen LogP contribution < -0.4 is 9.47 Å². The zero-order chi connectivity index (χ0) is 19.7. The maximum Gasteiger partial charge on any atom is 0.529 e. The molecule has 2 aliphatic rings. The number of benzene rings is 1. The molecule has 0 spiro atoms. The van der Waals surface area contributed by atoms with Gasteiger partial charge in [-0.1, -0.05) is 6.07 Å². The number of methoxy groups -OCH3 is 2. The fraction of sp³-hybridized carbons (Fsp3) is 0.579. The van der Waals surface area contributed by atoms with Crippen molar-refractivity contribution in [1.82, 2.24) is 4.90 Å². The summed E-state index contributed by atoms with van der Waals surface area (Å²) in [5.74, 6) is 2.10. The van der Waals surface area contributed by atoms with E-state index < -0.39 is 7.82 Å². The highest BCUT2D eigenvalue weighted by molar-refractivity contribution is 7.48. The molecule has 7 nitrogen and oxygen atoms in total. The Labute approximate surface area is 160 Å². The third kappa shape index (κ3) is 3.61. The lowest BCUT2D eigenvalue weighted by Crippen LogP contribution is -2.43. The molecule has 0 unspecified atom stereocenters. The molecule has 3 rings (SSSR count). The van der Waals surface area contributed by atoms with Crippen molar-refractivity contribution in [3.05, 3.63) is 35.6 Å². The number of likely N-dealkylation sites (tertiary alicyclic amines) is 1. The summed E-state index contributed by atoms with van der Waals surface area (Å²) in [5.41, 5.74) is 1.16. The van der Waals surface area contributed by atoms with Crippen LogP contribution in [0.15, 0.2) is 30.0 Å². The highest BCUT2D eigenvalue weighted by Crippen LogP contribution is 2.54. The molecule has 0 amide bonds. The fourth-order valence-electron chi connectivity index (χ4n) is 4.25. The maximum atomic E-state index is 12.3. The van der Waals surface area contributed by atoms with E-state index in [1.165, 1.54) is 19.8 Å². The van der Waals surface area contributed by atoms with Crippen LogP contribution in [0.1, 0.15) is 24.8 Å². The number of rotatable bonds is 7. The number of allylic oxidation sites excluding steroid dienone is 1. The van der Waals surface area contributed by atoms with Gasteiger partial charge >= 0.3 is 7.82 Å². The van der Waals surface area contributed by atoms with Crippen LogP contribution in [0.4, 0.5) is 0 Å². The Morgan fingerprint density at radius 3 is 2.44 bits per heavy atom. The van der Waals surface area contributed by atoms with Crippen LogP contribution in [-0.2, 0) is 23.6 Å². The normalized spacial score (nSPS) is 25.7. The van der Waals surface area contributed by atoms with E-state index in [-0.39, 0.29) is 11.5 Å². The lowest BCUT2D eigenvalue weighted by molar-refractivity contribution is 0.155. The lowest BCUT2D eigenvalue weighted by Gasteiger charge is -2.41. The van der Waals surface area contributed by atoms with Gasteiger partial charge in [-0.05, 0) is 50.2 Å². The molecule has 0 aromatic heterocycles. The number of phosphoric ester groups is 1. The van der Waals surface area contributed by atoms with Gasteiger partial charge in [0.05, 0.1) is 14.2 Å². The number of likely N-dealkylation sites (N-methyl/N-ethyl adjacent to an activating group) is 1. The van der Waals surface area contributed by atoms with Gasteiger partial charge in [0.2, 0.25) is 0 Å². The summed E-state index contributed by atoms with van der Waals surface area (Å²) >= 11 is 0. The van der Waals surface area contributed by atoms with Gasteiger partial charge in [0.15, 0.2) is 11.5 Å². The number of hydrogen-bond acceptors (Lipinski definition) is 7. The number of ether oxygens (including phenoxy) is 2. The highest BCUT2D eigenvalue weighted by Gasteiger charge is 2.49.